The number of urea groups is 1. The van der Waals surface area contributed by atoms with E-state index in [-0.39, 0.29) is 11.7 Å². The highest BCUT2D eigenvalue weighted by molar-refractivity contribution is 5.90. The molecule has 2 amide bonds. The zero-order chi connectivity index (χ0) is 19.9. The lowest BCUT2D eigenvalue weighted by Crippen LogP contribution is -2.36. The number of anilines is 1. The van der Waals surface area contributed by atoms with Gasteiger partial charge in [-0.1, -0.05) is 30.3 Å². The van der Waals surface area contributed by atoms with Crippen LogP contribution in [0.25, 0.3) is 5.69 Å². The largest absolute Gasteiger partial charge is 0.418 e. The highest BCUT2D eigenvalue weighted by atomic mass is 19.4. The molecular formula is C21H18F3N3O. The lowest BCUT2D eigenvalue weighted by molar-refractivity contribution is -0.136. The summed E-state index contributed by atoms with van der Waals surface area (Å²) in [4.78, 5) is 14.5. The monoisotopic (exact) mass is 385 g/mol. The smallest absolute Gasteiger partial charge is 0.318 e. The van der Waals surface area contributed by atoms with E-state index in [1.165, 1.54) is 18.2 Å². The van der Waals surface area contributed by atoms with Gasteiger partial charge in [0, 0.05) is 11.9 Å². The molecule has 0 fully saturated rings. The zero-order valence-electron chi connectivity index (χ0n) is 15.1. The Balaban J connectivity index is 1.70. The van der Waals surface area contributed by atoms with Crippen molar-refractivity contribution in [3.05, 3.63) is 83.7 Å². The van der Waals surface area contributed by atoms with Gasteiger partial charge in [0.2, 0.25) is 0 Å². The third-order valence-electron chi connectivity index (χ3n) is 5.00. The van der Waals surface area contributed by atoms with E-state index in [9.17, 15) is 18.0 Å². The van der Waals surface area contributed by atoms with Gasteiger partial charge >= 0.3 is 12.2 Å². The number of aromatic nitrogens is 1. The molecule has 4 rings (SSSR count). The van der Waals surface area contributed by atoms with Gasteiger partial charge in [0.05, 0.1) is 29.5 Å². The summed E-state index contributed by atoms with van der Waals surface area (Å²) in [6.07, 6.45) is -2.62. The summed E-state index contributed by atoms with van der Waals surface area (Å²) in [6, 6.07) is 15.6. The molecule has 1 aromatic heterocycles. The van der Waals surface area contributed by atoms with Crippen LogP contribution < -0.4 is 5.32 Å². The molecule has 0 saturated carbocycles. The second-order valence-corrected chi connectivity index (χ2v) is 6.71. The molecule has 1 atom stereocenters. The molecular weight excluding hydrogens is 367 g/mol. The van der Waals surface area contributed by atoms with Gasteiger partial charge < -0.3 is 14.8 Å². The maximum absolute atomic E-state index is 13.3. The predicted octanol–water partition coefficient (Wildman–Crippen LogP) is 5.60. The Labute approximate surface area is 160 Å². The number of para-hydroxylation sites is 2. The van der Waals surface area contributed by atoms with Crippen molar-refractivity contribution in [1.29, 1.82) is 0 Å². The normalized spacial score (nSPS) is 16.1. The third kappa shape index (κ3) is 3.13. The highest BCUT2D eigenvalue weighted by Crippen LogP contribution is 2.36. The van der Waals surface area contributed by atoms with E-state index in [2.05, 4.69) is 5.32 Å². The molecule has 1 N–H and O–H groups in total. The second kappa shape index (κ2) is 6.74. The fourth-order valence-corrected chi connectivity index (χ4v) is 3.59. The van der Waals surface area contributed by atoms with Gasteiger partial charge in [-0.2, -0.15) is 13.2 Å². The van der Waals surface area contributed by atoms with Crippen LogP contribution in [0.15, 0.2) is 66.9 Å². The number of hydrogen-bond donors (Lipinski definition) is 1. The predicted molar refractivity (Wildman–Crippen MR) is 100 cm³/mol. The van der Waals surface area contributed by atoms with E-state index in [4.69, 9.17) is 0 Å². The molecule has 0 spiro atoms. The molecule has 0 bridgehead atoms. The number of hydrogen-bond acceptors (Lipinski definition) is 1. The van der Waals surface area contributed by atoms with Gasteiger partial charge in [0.25, 0.3) is 0 Å². The molecule has 2 heterocycles. The van der Waals surface area contributed by atoms with Crippen molar-refractivity contribution in [2.24, 2.45) is 0 Å². The van der Waals surface area contributed by atoms with Crippen molar-refractivity contribution in [3.63, 3.8) is 0 Å². The Bertz CT molecular complexity index is 1030. The van der Waals surface area contributed by atoms with Crippen LogP contribution in [-0.2, 0) is 12.7 Å². The number of fused-ring (bicyclic) bond motifs is 3. The summed E-state index contributed by atoms with van der Waals surface area (Å²) in [7, 11) is 0. The Morgan fingerprint density at radius 3 is 2.54 bits per heavy atom. The Morgan fingerprint density at radius 1 is 1.04 bits per heavy atom. The average Bonchev–Trinajstić information content (AvgIpc) is 3.11. The molecule has 0 radical (unpaired) electrons. The van der Waals surface area contributed by atoms with Gasteiger partial charge in [-0.15, -0.1) is 0 Å². The molecule has 4 nitrogen and oxygen atoms in total. The molecule has 0 aliphatic carbocycles. The van der Waals surface area contributed by atoms with Gasteiger partial charge in [-0.3, -0.25) is 0 Å². The van der Waals surface area contributed by atoms with E-state index in [0.29, 0.717) is 6.54 Å². The Morgan fingerprint density at radius 2 is 1.75 bits per heavy atom. The molecule has 1 aliphatic rings. The fraction of sp³-hybridized carbons (Fsp3) is 0.190. The van der Waals surface area contributed by atoms with E-state index < -0.39 is 17.8 Å². The minimum atomic E-state index is -4.55. The van der Waals surface area contributed by atoms with Crippen molar-refractivity contribution in [2.45, 2.75) is 25.7 Å². The quantitative estimate of drug-likeness (QED) is 0.581. The summed E-state index contributed by atoms with van der Waals surface area (Å²) in [6.45, 7) is 2.16. The number of alkyl halides is 3. The summed E-state index contributed by atoms with van der Waals surface area (Å²) in [5.74, 6) is 0. The molecule has 0 saturated heterocycles. The first-order chi connectivity index (χ1) is 13.4. The summed E-state index contributed by atoms with van der Waals surface area (Å²) in [5, 5.41) is 2.46. The summed E-state index contributed by atoms with van der Waals surface area (Å²) >= 11 is 0. The minimum Gasteiger partial charge on any atom is -0.318 e. The van der Waals surface area contributed by atoms with Crippen molar-refractivity contribution in [1.82, 2.24) is 9.47 Å². The molecule has 28 heavy (non-hydrogen) atoms. The van der Waals surface area contributed by atoms with Crippen LogP contribution in [0.4, 0.5) is 23.7 Å². The van der Waals surface area contributed by atoms with E-state index in [1.807, 2.05) is 54.1 Å². The molecule has 1 unspecified atom stereocenters. The Kier molecular flexibility index (Phi) is 4.37. The molecule has 3 aromatic rings. The number of rotatable bonds is 1. The molecule has 144 valence electrons. The van der Waals surface area contributed by atoms with Crippen LogP contribution in [0.1, 0.15) is 29.8 Å². The zero-order valence-corrected chi connectivity index (χ0v) is 15.1. The van der Waals surface area contributed by atoms with E-state index in [0.717, 1.165) is 23.0 Å². The molecule has 7 heteroatoms. The first kappa shape index (κ1) is 18.2. The number of nitrogens with zero attached hydrogens (tertiary/aromatic N) is 2. The standard InChI is InChI=1S/C21H18F3N3O/c1-14-18-11-6-12-26(18)19-10-5-2-7-15(19)13-27(14)20(28)25-17-9-4-3-8-16(17)21(22,23)24/h2-12,14H,13H2,1H3,(H,25,28). The van der Waals surface area contributed by atoms with Crippen LogP contribution in [0.3, 0.4) is 0 Å². The van der Waals surface area contributed by atoms with Gasteiger partial charge in [-0.05, 0) is 42.8 Å². The number of nitrogens with one attached hydrogen (secondary N) is 1. The molecule has 2 aromatic carbocycles. The van der Waals surface area contributed by atoms with Gasteiger partial charge in [-0.25, -0.2) is 4.79 Å². The maximum atomic E-state index is 13.3. The summed E-state index contributed by atoms with van der Waals surface area (Å²) < 4.78 is 41.8. The number of benzene rings is 2. The number of carbonyl (C=O) groups is 1. The van der Waals surface area contributed by atoms with Crippen LogP contribution in [0.5, 0.6) is 0 Å². The SMILES string of the molecule is CC1c2cccn2-c2ccccc2CN1C(=O)Nc1ccccc1C(F)(F)F. The highest BCUT2D eigenvalue weighted by Gasteiger charge is 2.35. The van der Waals surface area contributed by atoms with Crippen LogP contribution in [0, 0.1) is 0 Å². The van der Waals surface area contributed by atoms with Gasteiger partial charge in [0.15, 0.2) is 0 Å². The summed E-state index contributed by atoms with van der Waals surface area (Å²) in [5.41, 5.74) is 1.66. The number of amides is 2. The van der Waals surface area contributed by atoms with Gasteiger partial charge in [0.1, 0.15) is 0 Å². The lowest BCUT2D eigenvalue weighted by atomic mass is 10.1. The van der Waals surface area contributed by atoms with Crippen molar-refractivity contribution >= 4 is 11.7 Å². The number of carbonyl (C=O) groups excluding carboxylic acids is 1. The van der Waals surface area contributed by atoms with Crippen LogP contribution in [0.2, 0.25) is 0 Å². The van der Waals surface area contributed by atoms with Crippen LogP contribution in [-0.4, -0.2) is 15.5 Å². The first-order valence-electron chi connectivity index (χ1n) is 8.85. The van der Waals surface area contributed by atoms with Crippen LogP contribution >= 0.6 is 0 Å². The van der Waals surface area contributed by atoms with Crippen molar-refractivity contribution < 1.29 is 18.0 Å². The maximum Gasteiger partial charge on any atom is 0.418 e. The average molecular weight is 385 g/mol. The fourth-order valence-electron chi connectivity index (χ4n) is 3.59. The number of halogens is 3. The second-order valence-electron chi connectivity index (χ2n) is 6.71. The third-order valence-corrected chi connectivity index (χ3v) is 5.00. The van der Waals surface area contributed by atoms with Crippen molar-refractivity contribution in [3.8, 4) is 5.69 Å². The van der Waals surface area contributed by atoms with Crippen molar-refractivity contribution in [2.75, 3.05) is 5.32 Å². The van der Waals surface area contributed by atoms with E-state index in [1.54, 1.807) is 4.90 Å². The van der Waals surface area contributed by atoms with E-state index >= 15 is 0 Å². The topological polar surface area (TPSA) is 37.3 Å². The first-order valence-corrected chi connectivity index (χ1v) is 8.85. The molecule has 1 aliphatic heterocycles. The lowest BCUT2D eigenvalue weighted by Gasteiger charge is -2.28. The minimum absolute atomic E-state index is 0.250. The Hall–Kier alpha value is -3.22.